The van der Waals surface area contributed by atoms with E-state index >= 15 is 0 Å². The SMILES string of the molecule is Cc1ccc2c(c1CF)Oc1cc(N3CCN(C(=O)OCc4ccccc4)CC3)ccc1C21OC(=O)c2ccccc21. The first-order valence-electron chi connectivity index (χ1n) is 14.0. The number of alkyl halides is 1. The number of nitrogens with zero attached hydrogens (tertiary/aromatic N) is 2. The van der Waals surface area contributed by atoms with Crippen LogP contribution < -0.4 is 9.64 Å². The first kappa shape index (κ1) is 26.1. The van der Waals surface area contributed by atoms with Crippen LogP contribution in [0, 0.1) is 6.92 Å². The lowest BCUT2D eigenvalue weighted by molar-refractivity contribution is 0.0223. The van der Waals surface area contributed by atoms with Crippen molar-refractivity contribution in [3.63, 3.8) is 0 Å². The topological polar surface area (TPSA) is 68.3 Å². The molecule has 3 aliphatic rings. The third-order valence-corrected chi connectivity index (χ3v) is 8.44. The number of amides is 1. The van der Waals surface area contributed by atoms with E-state index in [0.29, 0.717) is 65.5 Å². The maximum atomic E-state index is 14.4. The fourth-order valence-corrected chi connectivity index (χ4v) is 6.20. The molecule has 1 unspecified atom stereocenters. The largest absolute Gasteiger partial charge is 0.456 e. The molecule has 1 saturated heterocycles. The Morgan fingerprint density at radius 3 is 2.43 bits per heavy atom. The van der Waals surface area contributed by atoms with Crippen molar-refractivity contribution in [2.75, 3.05) is 31.1 Å². The Morgan fingerprint density at radius 2 is 1.64 bits per heavy atom. The molecule has 0 bridgehead atoms. The van der Waals surface area contributed by atoms with Crippen molar-refractivity contribution in [3.8, 4) is 11.5 Å². The summed E-state index contributed by atoms with van der Waals surface area (Å²) in [4.78, 5) is 29.7. The molecular formula is C34H29FN2O5. The lowest BCUT2D eigenvalue weighted by atomic mass is 9.76. The first-order valence-corrected chi connectivity index (χ1v) is 14.0. The Morgan fingerprint density at radius 1 is 0.905 bits per heavy atom. The predicted molar refractivity (Wildman–Crippen MR) is 155 cm³/mol. The molecule has 0 aromatic heterocycles. The molecule has 3 aliphatic heterocycles. The number of halogens is 1. The van der Waals surface area contributed by atoms with Crippen molar-refractivity contribution in [3.05, 3.63) is 124 Å². The lowest BCUT2D eigenvalue weighted by Gasteiger charge is -2.39. The van der Waals surface area contributed by atoms with Gasteiger partial charge in [-0.05, 0) is 36.2 Å². The summed E-state index contributed by atoms with van der Waals surface area (Å²) >= 11 is 0. The van der Waals surface area contributed by atoms with E-state index in [0.717, 1.165) is 16.8 Å². The van der Waals surface area contributed by atoms with E-state index in [2.05, 4.69) is 4.90 Å². The van der Waals surface area contributed by atoms with Gasteiger partial charge in [0.1, 0.15) is 24.8 Å². The second kappa shape index (κ2) is 10.2. The van der Waals surface area contributed by atoms with Crippen LogP contribution in [0.1, 0.15) is 43.7 Å². The average Bonchev–Trinajstić information content (AvgIpc) is 3.32. The number of ether oxygens (including phenoxy) is 3. The Balaban J connectivity index is 1.18. The van der Waals surface area contributed by atoms with Crippen molar-refractivity contribution in [1.82, 2.24) is 4.90 Å². The number of rotatable bonds is 4. The maximum Gasteiger partial charge on any atom is 0.410 e. The summed E-state index contributed by atoms with van der Waals surface area (Å²) < 4.78 is 32.6. The monoisotopic (exact) mass is 564 g/mol. The summed E-state index contributed by atoms with van der Waals surface area (Å²) in [6.45, 7) is 3.59. The molecule has 8 heteroatoms. The highest BCUT2D eigenvalue weighted by Crippen LogP contribution is 2.57. The van der Waals surface area contributed by atoms with Crippen LogP contribution in [0.4, 0.5) is 14.9 Å². The molecule has 42 heavy (non-hydrogen) atoms. The average molecular weight is 565 g/mol. The number of benzene rings is 4. The lowest BCUT2D eigenvalue weighted by Crippen LogP contribution is -2.49. The van der Waals surface area contributed by atoms with Crippen LogP contribution in [0.3, 0.4) is 0 Å². The molecule has 1 spiro atoms. The molecule has 0 N–H and O–H groups in total. The summed E-state index contributed by atoms with van der Waals surface area (Å²) in [5, 5.41) is 0. The van der Waals surface area contributed by atoms with Crippen LogP contribution in [-0.2, 0) is 28.4 Å². The molecule has 1 atom stereocenters. The Kier molecular flexibility index (Phi) is 6.34. The normalized spacial score (nSPS) is 18.6. The van der Waals surface area contributed by atoms with Gasteiger partial charge in [0.15, 0.2) is 5.60 Å². The zero-order valence-electron chi connectivity index (χ0n) is 23.1. The second-order valence-electron chi connectivity index (χ2n) is 10.8. The quantitative estimate of drug-likeness (QED) is 0.264. The number of hydrogen-bond donors (Lipinski definition) is 0. The Bertz CT molecular complexity index is 1700. The molecule has 4 aromatic rings. The molecule has 1 amide bonds. The summed E-state index contributed by atoms with van der Waals surface area (Å²) in [6, 6.07) is 26.5. The number of carbonyl (C=O) groups excluding carboxylic acids is 2. The van der Waals surface area contributed by atoms with Gasteiger partial charge in [0.05, 0.1) is 5.56 Å². The number of fused-ring (bicyclic) bond motifs is 6. The Labute approximate surface area is 243 Å². The number of esters is 1. The van der Waals surface area contributed by atoms with Gasteiger partial charge >= 0.3 is 12.1 Å². The van der Waals surface area contributed by atoms with Crippen molar-refractivity contribution in [1.29, 1.82) is 0 Å². The number of piperazine rings is 1. The standard InChI is InChI=1S/C34H29FN2O5/c1-22-11-13-29-31(26(22)20-35)41-30-19-24(12-14-28(30)34(29)27-10-6-5-9-25(27)32(38)42-34)36-15-17-37(18-16-36)33(39)40-21-23-7-3-2-4-8-23/h2-14,19H,15-18,20-21H2,1H3. The van der Waals surface area contributed by atoms with Gasteiger partial charge in [-0.25, -0.2) is 14.0 Å². The molecule has 0 saturated carbocycles. The van der Waals surface area contributed by atoms with Crippen LogP contribution in [0.5, 0.6) is 11.5 Å². The first-order chi connectivity index (χ1) is 20.5. The zero-order valence-corrected chi connectivity index (χ0v) is 23.1. The minimum absolute atomic E-state index is 0.235. The highest BCUT2D eigenvalue weighted by molar-refractivity contribution is 5.97. The number of carbonyl (C=O) groups is 2. The zero-order chi connectivity index (χ0) is 28.8. The van der Waals surface area contributed by atoms with E-state index in [-0.39, 0.29) is 12.7 Å². The molecule has 212 valence electrons. The molecule has 1 fully saturated rings. The van der Waals surface area contributed by atoms with Crippen molar-refractivity contribution in [2.24, 2.45) is 0 Å². The van der Waals surface area contributed by atoms with Gasteiger partial charge in [-0.15, -0.1) is 0 Å². The van der Waals surface area contributed by atoms with Crippen LogP contribution >= 0.6 is 0 Å². The van der Waals surface area contributed by atoms with Crippen LogP contribution in [0.2, 0.25) is 0 Å². The van der Waals surface area contributed by atoms with E-state index in [4.69, 9.17) is 14.2 Å². The highest BCUT2D eigenvalue weighted by Gasteiger charge is 2.54. The van der Waals surface area contributed by atoms with Crippen molar-refractivity contribution in [2.45, 2.75) is 25.8 Å². The molecule has 7 nitrogen and oxygen atoms in total. The van der Waals surface area contributed by atoms with Gasteiger partial charge in [-0.3, -0.25) is 0 Å². The van der Waals surface area contributed by atoms with Crippen molar-refractivity contribution >= 4 is 17.7 Å². The summed E-state index contributed by atoms with van der Waals surface area (Å²) in [5.74, 6) is 0.471. The van der Waals surface area contributed by atoms with Crippen molar-refractivity contribution < 1.29 is 28.2 Å². The van der Waals surface area contributed by atoms with Gasteiger partial charge in [0.25, 0.3) is 0 Å². The highest BCUT2D eigenvalue weighted by atomic mass is 19.1. The minimum atomic E-state index is -1.24. The summed E-state index contributed by atoms with van der Waals surface area (Å²) in [6.07, 6.45) is -0.332. The fourth-order valence-electron chi connectivity index (χ4n) is 6.20. The third-order valence-electron chi connectivity index (χ3n) is 8.44. The Hall–Kier alpha value is -4.85. The molecule has 4 aromatic carbocycles. The maximum absolute atomic E-state index is 14.4. The van der Waals surface area contributed by atoms with E-state index in [9.17, 15) is 14.0 Å². The fraction of sp³-hybridized carbons (Fsp3) is 0.235. The number of anilines is 1. The van der Waals surface area contributed by atoms with Gasteiger partial charge in [-0.2, -0.15) is 0 Å². The predicted octanol–water partition coefficient (Wildman–Crippen LogP) is 6.49. The number of aryl methyl sites for hydroxylation is 1. The molecule has 3 heterocycles. The van der Waals surface area contributed by atoms with Crippen LogP contribution in [0.25, 0.3) is 0 Å². The summed E-state index contributed by atoms with van der Waals surface area (Å²) in [5.41, 5.74) is 4.30. The molecule has 0 radical (unpaired) electrons. The minimum Gasteiger partial charge on any atom is -0.456 e. The van der Waals surface area contributed by atoms with Gasteiger partial charge in [0, 0.05) is 60.2 Å². The van der Waals surface area contributed by atoms with E-state index < -0.39 is 18.2 Å². The van der Waals surface area contributed by atoms with E-state index in [1.54, 1.807) is 11.0 Å². The van der Waals surface area contributed by atoms with E-state index in [1.807, 2.05) is 85.8 Å². The van der Waals surface area contributed by atoms with Crippen LogP contribution in [0.15, 0.2) is 84.9 Å². The van der Waals surface area contributed by atoms with E-state index in [1.165, 1.54) is 0 Å². The molecule has 7 rings (SSSR count). The van der Waals surface area contributed by atoms with Gasteiger partial charge in [0.2, 0.25) is 0 Å². The molecular weight excluding hydrogens is 535 g/mol. The summed E-state index contributed by atoms with van der Waals surface area (Å²) in [7, 11) is 0. The number of hydrogen-bond acceptors (Lipinski definition) is 6. The van der Waals surface area contributed by atoms with Crippen LogP contribution in [-0.4, -0.2) is 43.1 Å². The molecule has 0 aliphatic carbocycles. The van der Waals surface area contributed by atoms with Gasteiger partial charge in [-0.1, -0.05) is 60.7 Å². The second-order valence-corrected chi connectivity index (χ2v) is 10.8. The van der Waals surface area contributed by atoms with Gasteiger partial charge < -0.3 is 24.0 Å². The smallest absolute Gasteiger partial charge is 0.410 e. The third kappa shape index (κ3) is 4.09.